The van der Waals surface area contributed by atoms with Gasteiger partial charge in [0.2, 0.25) is 0 Å². The van der Waals surface area contributed by atoms with Crippen LogP contribution in [0, 0.1) is 0 Å². The van der Waals surface area contributed by atoms with Crippen LogP contribution >= 0.6 is 0 Å². The quantitative estimate of drug-likeness (QED) is 0.681. The highest BCUT2D eigenvalue weighted by Crippen LogP contribution is 2.38. The van der Waals surface area contributed by atoms with E-state index in [1.807, 2.05) is 0 Å². The van der Waals surface area contributed by atoms with Crippen molar-refractivity contribution in [2.45, 2.75) is 30.8 Å². The summed E-state index contributed by atoms with van der Waals surface area (Å²) >= 11 is 0. The van der Waals surface area contributed by atoms with Crippen LogP contribution in [0.1, 0.15) is 34.4 Å². The van der Waals surface area contributed by atoms with Gasteiger partial charge in [0, 0.05) is 6.54 Å². The zero-order valence-corrected chi connectivity index (χ0v) is 15.5. The Morgan fingerprint density at radius 1 is 1.00 bits per heavy atom. The monoisotopic (exact) mass is 435 g/mol. The van der Waals surface area contributed by atoms with E-state index in [1.165, 1.54) is 0 Å². The Bertz CT molecular complexity index is 808. The van der Waals surface area contributed by atoms with Crippen LogP contribution < -0.4 is 5.32 Å². The molecule has 30 heavy (non-hydrogen) atoms. The highest BCUT2D eigenvalue weighted by molar-refractivity contribution is 5.35. The van der Waals surface area contributed by atoms with Crippen molar-refractivity contribution in [2.75, 3.05) is 19.8 Å². The summed E-state index contributed by atoms with van der Waals surface area (Å²) in [5.74, 6) is 0. The fourth-order valence-electron chi connectivity index (χ4n) is 3.19. The van der Waals surface area contributed by atoms with Gasteiger partial charge in [0.15, 0.2) is 6.29 Å². The summed E-state index contributed by atoms with van der Waals surface area (Å²) in [6.07, 6.45) is -12.5. The molecule has 1 saturated heterocycles. The molecule has 1 aliphatic rings. The van der Waals surface area contributed by atoms with Crippen molar-refractivity contribution in [1.82, 2.24) is 5.32 Å². The van der Waals surface area contributed by atoms with Gasteiger partial charge in [-0.3, -0.25) is 0 Å². The van der Waals surface area contributed by atoms with Gasteiger partial charge in [0.25, 0.3) is 0 Å². The fourth-order valence-corrected chi connectivity index (χ4v) is 3.19. The molecule has 0 bridgehead atoms. The van der Waals surface area contributed by atoms with Crippen LogP contribution in [0.2, 0.25) is 0 Å². The number of morpholine rings is 1. The van der Waals surface area contributed by atoms with Gasteiger partial charge in [-0.25, -0.2) is 0 Å². The van der Waals surface area contributed by atoms with E-state index in [1.54, 1.807) is 30.3 Å². The second-order valence-corrected chi connectivity index (χ2v) is 6.73. The lowest BCUT2D eigenvalue weighted by molar-refractivity contribution is -0.209. The molecule has 2 N–H and O–H groups in total. The molecule has 0 spiro atoms. The number of ether oxygens (including phenoxy) is 2. The Hall–Kier alpha value is -2.14. The number of benzene rings is 2. The molecule has 1 fully saturated rings. The van der Waals surface area contributed by atoms with Crippen LogP contribution in [-0.2, 0) is 21.8 Å². The maximum atomic E-state index is 13.1. The number of alkyl halides is 6. The van der Waals surface area contributed by atoms with E-state index in [4.69, 9.17) is 9.47 Å². The number of hydrogen-bond donors (Lipinski definition) is 2. The van der Waals surface area contributed by atoms with Gasteiger partial charge in [0.05, 0.1) is 30.4 Å². The molecule has 3 rings (SSSR count). The molecule has 1 aliphatic heterocycles. The van der Waals surface area contributed by atoms with Crippen LogP contribution in [0.25, 0.3) is 0 Å². The van der Waals surface area contributed by atoms with Gasteiger partial charge in [-0.15, -0.1) is 0 Å². The summed E-state index contributed by atoms with van der Waals surface area (Å²) in [6, 6.07) is 9.51. The van der Waals surface area contributed by atoms with Crippen LogP contribution in [0.15, 0.2) is 48.5 Å². The molecular formula is C20H19F6NO3. The standard InChI is InChI=1S/C20H19F6NO3/c21-19(22,23)14-8-13(9-15(10-14)20(24,25)26)16(11-28)30-18-17(27-6-7-29-18)12-4-2-1-3-5-12/h1-5,8-10,16-18,27-28H,6-7,11H2/t16-,17?,18?/m1/s1. The highest BCUT2D eigenvalue weighted by atomic mass is 19.4. The average molecular weight is 435 g/mol. The van der Waals surface area contributed by atoms with E-state index in [0.29, 0.717) is 18.7 Å². The molecule has 0 radical (unpaired) electrons. The molecule has 164 valence electrons. The van der Waals surface area contributed by atoms with E-state index in [-0.39, 0.29) is 12.7 Å². The van der Waals surface area contributed by atoms with Crippen molar-refractivity contribution in [3.63, 3.8) is 0 Å². The molecule has 2 aromatic carbocycles. The number of nitrogens with one attached hydrogen (secondary N) is 1. The molecule has 0 amide bonds. The predicted molar refractivity (Wildman–Crippen MR) is 94.3 cm³/mol. The van der Waals surface area contributed by atoms with Crippen LogP contribution in [-0.4, -0.2) is 31.2 Å². The van der Waals surface area contributed by atoms with Gasteiger partial charge in [0.1, 0.15) is 6.10 Å². The first-order chi connectivity index (χ1) is 14.1. The molecule has 0 aliphatic carbocycles. The first-order valence-electron chi connectivity index (χ1n) is 9.05. The molecule has 10 heteroatoms. The molecule has 1 heterocycles. The van der Waals surface area contributed by atoms with Gasteiger partial charge >= 0.3 is 12.4 Å². The van der Waals surface area contributed by atoms with Gasteiger partial charge in [-0.2, -0.15) is 26.3 Å². The Morgan fingerprint density at radius 3 is 2.13 bits per heavy atom. The number of rotatable bonds is 5. The summed E-state index contributed by atoms with van der Waals surface area (Å²) in [4.78, 5) is 0. The maximum Gasteiger partial charge on any atom is 0.416 e. The van der Waals surface area contributed by atoms with Crippen molar-refractivity contribution in [2.24, 2.45) is 0 Å². The maximum absolute atomic E-state index is 13.1. The Labute approximate surface area is 168 Å². The largest absolute Gasteiger partial charge is 0.416 e. The third kappa shape index (κ3) is 5.31. The minimum atomic E-state index is -4.99. The summed E-state index contributed by atoms with van der Waals surface area (Å²) in [7, 11) is 0. The Balaban J connectivity index is 1.93. The fraction of sp³-hybridized carbons (Fsp3) is 0.400. The SMILES string of the molecule is OC[C@@H](OC1OCCNC1c1ccccc1)c1cc(C(F)(F)F)cc(C(F)(F)F)c1. The topological polar surface area (TPSA) is 50.7 Å². The van der Waals surface area contributed by atoms with E-state index in [0.717, 1.165) is 5.56 Å². The molecule has 0 saturated carbocycles. The van der Waals surface area contributed by atoms with Crippen LogP contribution in [0.5, 0.6) is 0 Å². The normalized spacial score (nSPS) is 21.4. The predicted octanol–water partition coefficient (Wildman–Crippen LogP) is 4.46. The van der Waals surface area contributed by atoms with Gasteiger partial charge in [-0.1, -0.05) is 30.3 Å². The zero-order chi connectivity index (χ0) is 21.9. The molecule has 3 atom stereocenters. The van der Waals surface area contributed by atoms with Crippen LogP contribution in [0.4, 0.5) is 26.3 Å². The van der Waals surface area contributed by atoms with E-state index in [2.05, 4.69) is 5.32 Å². The van der Waals surface area contributed by atoms with Crippen LogP contribution in [0.3, 0.4) is 0 Å². The van der Waals surface area contributed by atoms with Crippen molar-refractivity contribution in [1.29, 1.82) is 0 Å². The summed E-state index contributed by atoms with van der Waals surface area (Å²) in [5.41, 5.74) is -2.63. The number of hydrogen-bond acceptors (Lipinski definition) is 4. The molecule has 0 aromatic heterocycles. The molecule has 2 aromatic rings. The summed E-state index contributed by atoms with van der Waals surface area (Å²) in [5, 5.41) is 12.8. The van der Waals surface area contributed by atoms with E-state index < -0.39 is 54.1 Å². The second kappa shape index (κ2) is 8.93. The average Bonchev–Trinajstić information content (AvgIpc) is 2.71. The second-order valence-electron chi connectivity index (χ2n) is 6.73. The lowest BCUT2D eigenvalue weighted by Gasteiger charge is -2.35. The Morgan fingerprint density at radius 2 is 1.60 bits per heavy atom. The third-order valence-corrected chi connectivity index (χ3v) is 4.63. The smallest absolute Gasteiger partial charge is 0.393 e. The van der Waals surface area contributed by atoms with Crippen molar-refractivity contribution < 1.29 is 40.9 Å². The number of halogens is 6. The minimum Gasteiger partial charge on any atom is -0.393 e. The summed E-state index contributed by atoms with van der Waals surface area (Å²) < 4.78 is 90.1. The van der Waals surface area contributed by atoms with Gasteiger partial charge in [-0.05, 0) is 29.3 Å². The molecule has 2 unspecified atom stereocenters. The Kier molecular flexibility index (Phi) is 6.71. The molecule has 4 nitrogen and oxygen atoms in total. The highest BCUT2D eigenvalue weighted by Gasteiger charge is 2.38. The lowest BCUT2D eigenvalue weighted by atomic mass is 10.0. The lowest BCUT2D eigenvalue weighted by Crippen LogP contribution is -2.44. The van der Waals surface area contributed by atoms with Crippen molar-refractivity contribution in [3.05, 3.63) is 70.8 Å². The first kappa shape index (κ1) is 22.5. The minimum absolute atomic E-state index is 0.0311. The van der Waals surface area contributed by atoms with Crippen molar-refractivity contribution in [3.8, 4) is 0 Å². The van der Waals surface area contributed by atoms with E-state index >= 15 is 0 Å². The molecular weight excluding hydrogens is 416 g/mol. The third-order valence-electron chi connectivity index (χ3n) is 4.63. The number of aliphatic hydroxyl groups excluding tert-OH is 1. The van der Waals surface area contributed by atoms with Gasteiger partial charge < -0.3 is 19.9 Å². The first-order valence-corrected chi connectivity index (χ1v) is 9.05. The summed E-state index contributed by atoms with van der Waals surface area (Å²) in [6.45, 7) is -0.131. The zero-order valence-electron chi connectivity index (χ0n) is 15.5. The van der Waals surface area contributed by atoms with E-state index in [9.17, 15) is 31.4 Å². The van der Waals surface area contributed by atoms with Crippen molar-refractivity contribution >= 4 is 0 Å². The number of aliphatic hydroxyl groups is 1.